The number of aliphatic hydroxyl groups excluding tert-OH is 2. The summed E-state index contributed by atoms with van der Waals surface area (Å²) in [5.74, 6) is 0.617. The van der Waals surface area contributed by atoms with Crippen LogP contribution in [0.4, 0.5) is 0 Å². The van der Waals surface area contributed by atoms with Gasteiger partial charge in [0.25, 0.3) is 0 Å². The van der Waals surface area contributed by atoms with Crippen LogP contribution < -0.4 is 4.89 Å². The van der Waals surface area contributed by atoms with Crippen LogP contribution in [-0.2, 0) is 14.0 Å². The SMILES string of the molecule is COC1[C@H](O)O[C@H](/C=C\P(=O)([O-])[OH2+])[C@@H]1O. The van der Waals surface area contributed by atoms with E-state index in [9.17, 15) is 19.7 Å². The smallest absolute Gasteiger partial charge is 0.301 e. The fraction of sp³-hybridized carbons (Fsp3) is 0.714. The van der Waals surface area contributed by atoms with Crippen molar-refractivity contribution in [2.24, 2.45) is 0 Å². The van der Waals surface area contributed by atoms with E-state index in [1.54, 1.807) is 0 Å². The van der Waals surface area contributed by atoms with Gasteiger partial charge in [0, 0.05) is 12.9 Å². The fourth-order valence-electron chi connectivity index (χ4n) is 1.29. The number of ether oxygens (including phenoxy) is 2. The highest BCUT2D eigenvalue weighted by molar-refractivity contribution is 7.53. The molecular formula is C7H13O7P. The number of hydrogen-bond donors (Lipinski definition) is 2. The molecule has 0 aromatic carbocycles. The van der Waals surface area contributed by atoms with Crippen LogP contribution in [0, 0.1) is 0 Å². The zero-order valence-corrected chi connectivity index (χ0v) is 8.83. The van der Waals surface area contributed by atoms with E-state index in [1.807, 2.05) is 0 Å². The van der Waals surface area contributed by atoms with E-state index in [0.29, 0.717) is 5.82 Å². The van der Waals surface area contributed by atoms with Gasteiger partial charge in [0.2, 0.25) is 0 Å². The lowest BCUT2D eigenvalue weighted by Gasteiger charge is -2.14. The summed E-state index contributed by atoms with van der Waals surface area (Å²) in [5, 5.41) is 18.7. The molecule has 0 aliphatic carbocycles. The molecule has 8 heteroatoms. The largest absolute Gasteiger partial charge is 0.733 e. The Hall–Kier alpha value is -0.270. The van der Waals surface area contributed by atoms with Gasteiger partial charge in [0.05, 0.1) is 0 Å². The first-order valence-electron chi connectivity index (χ1n) is 4.15. The van der Waals surface area contributed by atoms with Crippen molar-refractivity contribution >= 4 is 7.60 Å². The minimum absolute atomic E-state index is 0.617. The van der Waals surface area contributed by atoms with Gasteiger partial charge in [-0.05, 0) is 6.08 Å². The molecule has 4 N–H and O–H groups in total. The van der Waals surface area contributed by atoms with E-state index in [1.165, 1.54) is 7.11 Å². The minimum atomic E-state index is -4.29. The third kappa shape index (κ3) is 3.35. The van der Waals surface area contributed by atoms with Gasteiger partial charge in [-0.1, -0.05) is 0 Å². The highest BCUT2D eigenvalue weighted by Crippen LogP contribution is 2.32. The molecule has 7 nitrogen and oxygen atoms in total. The van der Waals surface area contributed by atoms with Crippen LogP contribution in [0.3, 0.4) is 0 Å². The highest BCUT2D eigenvalue weighted by atomic mass is 31.2. The molecular weight excluding hydrogens is 227 g/mol. The summed E-state index contributed by atoms with van der Waals surface area (Å²) in [4.78, 5) is 17.1. The molecule has 2 unspecified atom stereocenters. The van der Waals surface area contributed by atoms with Gasteiger partial charge >= 0.3 is 7.60 Å². The topological polar surface area (TPSA) is 122 Å². The van der Waals surface area contributed by atoms with Crippen LogP contribution in [0.2, 0.25) is 0 Å². The molecule has 88 valence electrons. The Kier molecular flexibility index (Phi) is 4.02. The van der Waals surface area contributed by atoms with Crippen molar-refractivity contribution < 1.29 is 34.0 Å². The second-order valence-corrected chi connectivity index (χ2v) is 4.61. The van der Waals surface area contributed by atoms with Gasteiger partial charge in [0.15, 0.2) is 6.29 Å². The fourth-order valence-corrected chi connectivity index (χ4v) is 1.68. The van der Waals surface area contributed by atoms with E-state index >= 15 is 0 Å². The molecule has 0 spiro atoms. The van der Waals surface area contributed by atoms with E-state index < -0.39 is 32.2 Å². The molecule has 1 heterocycles. The summed E-state index contributed by atoms with van der Waals surface area (Å²) in [5.41, 5.74) is 0. The Morgan fingerprint density at radius 2 is 2.20 bits per heavy atom. The van der Waals surface area contributed by atoms with E-state index in [0.717, 1.165) is 6.08 Å². The van der Waals surface area contributed by atoms with E-state index in [2.05, 4.69) is 0 Å². The first kappa shape index (κ1) is 12.8. The lowest BCUT2D eigenvalue weighted by Crippen LogP contribution is -2.33. The minimum Gasteiger partial charge on any atom is -0.733 e. The zero-order valence-electron chi connectivity index (χ0n) is 7.94. The third-order valence-corrected chi connectivity index (χ3v) is 2.56. The number of methoxy groups -OCH3 is 1. The summed E-state index contributed by atoms with van der Waals surface area (Å²) in [6, 6.07) is 0. The van der Waals surface area contributed by atoms with Crippen LogP contribution >= 0.6 is 7.60 Å². The molecule has 0 aromatic rings. The Bertz CT molecular complexity index is 285. The lowest BCUT2D eigenvalue weighted by molar-refractivity contribution is -0.189. The molecule has 0 bridgehead atoms. The van der Waals surface area contributed by atoms with Crippen molar-refractivity contribution in [3.05, 3.63) is 11.9 Å². The Labute approximate surface area is 86.1 Å². The van der Waals surface area contributed by atoms with Crippen molar-refractivity contribution in [3.8, 4) is 0 Å². The molecule has 1 rings (SSSR count). The molecule has 0 radical (unpaired) electrons. The monoisotopic (exact) mass is 240 g/mol. The first-order valence-corrected chi connectivity index (χ1v) is 5.84. The predicted molar refractivity (Wildman–Crippen MR) is 48.0 cm³/mol. The maximum atomic E-state index is 10.5. The molecule has 0 saturated carbocycles. The van der Waals surface area contributed by atoms with Gasteiger partial charge in [-0.3, -0.25) is 0 Å². The standard InChI is InChI=1S/C7H13O7P/c1-13-6-5(8)4(14-7(6)9)2-3-15(10,11)12/h2-9H,1H3,(H2,10,11,12)/b3-2-/t4-,5+,6?,7-/m1/s1. The van der Waals surface area contributed by atoms with Gasteiger partial charge in [-0.15, -0.1) is 0 Å². The average Bonchev–Trinajstić information content (AvgIpc) is 2.37. The molecule has 1 fully saturated rings. The predicted octanol–water partition coefficient (Wildman–Crippen LogP) is -2.13. The normalized spacial score (nSPS) is 40.9. The summed E-state index contributed by atoms with van der Waals surface area (Å²) in [6.07, 6.45) is -3.37. The van der Waals surface area contributed by atoms with Crippen molar-refractivity contribution in [3.63, 3.8) is 0 Å². The lowest BCUT2D eigenvalue weighted by atomic mass is 10.1. The summed E-state index contributed by atoms with van der Waals surface area (Å²) < 4.78 is 20.1. The number of aliphatic hydroxyl groups is 2. The Morgan fingerprint density at radius 3 is 2.60 bits per heavy atom. The van der Waals surface area contributed by atoms with Crippen molar-refractivity contribution in [1.29, 1.82) is 0 Å². The number of hydrogen-bond acceptors (Lipinski definition) is 6. The summed E-state index contributed by atoms with van der Waals surface area (Å²) in [6.45, 7) is 0. The van der Waals surface area contributed by atoms with Crippen molar-refractivity contribution in [1.82, 2.24) is 0 Å². The van der Waals surface area contributed by atoms with Crippen LogP contribution in [-0.4, -0.2) is 46.8 Å². The molecule has 1 aliphatic heterocycles. The highest BCUT2D eigenvalue weighted by Gasteiger charge is 2.42. The quantitative estimate of drug-likeness (QED) is 0.429. The van der Waals surface area contributed by atoms with Crippen molar-refractivity contribution in [2.45, 2.75) is 24.6 Å². The van der Waals surface area contributed by atoms with E-state index in [4.69, 9.17) is 14.4 Å². The van der Waals surface area contributed by atoms with Gasteiger partial charge in [-0.2, -0.15) is 0 Å². The molecule has 5 atom stereocenters. The maximum Gasteiger partial charge on any atom is 0.301 e. The van der Waals surface area contributed by atoms with Crippen LogP contribution in [0.25, 0.3) is 0 Å². The van der Waals surface area contributed by atoms with Gasteiger partial charge in [-0.25, -0.2) is 4.57 Å². The molecule has 1 aliphatic rings. The Morgan fingerprint density at radius 1 is 1.60 bits per heavy atom. The second kappa shape index (κ2) is 4.71. The van der Waals surface area contributed by atoms with Gasteiger partial charge in [0.1, 0.15) is 18.3 Å². The van der Waals surface area contributed by atoms with Gasteiger partial charge < -0.3 is 29.5 Å². The first-order chi connectivity index (χ1) is 6.85. The average molecular weight is 240 g/mol. The van der Waals surface area contributed by atoms with Crippen LogP contribution in [0.1, 0.15) is 0 Å². The van der Waals surface area contributed by atoms with E-state index in [-0.39, 0.29) is 0 Å². The van der Waals surface area contributed by atoms with Crippen molar-refractivity contribution in [2.75, 3.05) is 7.11 Å². The maximum absolute atomic E-state index is 10.5. The second-order valence-electron chi connectivity index (χ2n) is 3.12. The summed E-state index contributed by atoms with van der Waals surface area (Å²) >= 11 is 0. The number of rotatable bonds is 3. The summed E-state index contributed by atoms with van der Waals surface area (Å²) in [7, 11) is -3.00. The Balaban J connectivity index is 2.67. The molecule has 0 amide bonds. The molecule has 0 aromatic heterocycles. The zero-order chi connectivity index (χ0) is 11.6. The van der Waals surface area contributed by atoms with Crippen LogP contribution in [0.5, 0.6) is 0 Å². The molecule has 15 heavy (non-hydrogen) atoms. The molecule has 1 saturated heterocycles. The third-order valence-electron chi connectivity index (χ3n) is 1.99. The van der Waals surface area contributed by atoms with Crippen LogP contribution in [0.15, 0.2) is 11.9 Å².